The Hall–Kier alpha value is -3.33. The van der Waals surface area contributed by atoms with Crippen LogP contribution in [0.5, 0.6) is 0 Å². The van der Waals surface area contributed by atoms with Crippen molar-refractivity contribution in [1.82, 2.24) is 0 Å². The molecule has 1 aliphatic heterocycles. The van der Waals surface area contributed by atoms with Gasteiger partial charge in [0.25, 0.3) is 5.69 Å². The van der Waals surface area contributed by atoms with Crippen molar-refractivity contribution < 1.29 is 28.4 Å². The minimum atomic E-state index is -0.686. The highest BCUT2D eigenvalue weighted by atomic mass is 19.1. The lowest BCUT2D eigenvalue weighted by atomic mass is 10.1. The Morgan fingerprint density at radius 1 is 1.13 bits per heavy atom. The zero-order chi connectivity index (χ0) is 21.5. The van der Waals surface area contributed by atoms with E-state index in [1.165, 1.54) is 42.5 Å². The lowest BCUT2D eigenvalue weighted by molar-refractivity contribution is -0.384. The molecular weight excluding hydrogens is 395 g/mol. The summed E-state index contributed by atoms with van der Waals surface area (Å²) in [6, 6.07) is 9.33. The Kier molecular flexibility index (Phi) is 7.08. The first kappa shape index (κ1) is 21.4. The average molecular weight is 416 g/mol. The number of nitro groups is 1. The molecule has 30 heavy (non-hydrogen) atoms. The van der Waals surface area contributed by atoms with Crippen molar-refractivity contribution in [1.29, 1.82) is 0 Å². The summed E-state index contributed by atoms with van der Waals surface area (Å²) in [5.74, 6) is -1.29. The Balaban J connectivity index is 1.62. The second-order valence-corrected chi connectivity index (χ2v) is 6.73. The zero-order valence-electron chi connectivity index (χ0n) is 16.2. The van der Waals surface area contributed by atoms with Crippen molar-refractivity contribution in [3.63, 3.8) is 0 Å². The third kappa shape index (κ3) is 5.38. The van der Waals surface area contributed by atoms with Gasteiger partial charge in [-0.25, -0.2) is 9.18 Å². The second-order valence-electron chi connectivity index (χ2n) is 6.73. The number of carbonyl (C=O) groups is 2. The van der Waals surface area contributed by atoms with Crippen molar-refractivity contribution in [3.8, 4) is 0 Å². The second kappa shape index (κ2) is 9.93. The highest BCUT2D eigenvalue weighted by Crippen LogP contribution is 2.27. The summed E-state index contributed by atoms with van der Waals surface area (Å²) in [4.78, 5) is 37.2. The number of nitro benzene ring substituents is 1. The van der Waals surface area contributed by atoms with E-state index in [4.69, 9.17) is 9.47 Å². The molecule has 0 N–H and O–H groups in total. The highest BCUT2D eigenvalue weighted by molar-refractivity contribution is 5.97. The van der Waals surface area contributed by atoms with E-state index in [1.54, 1.807) is 0 Å². The summed E-state index contributed by atoms with van der Waals surface area (Å²) < 4.78 is 23.5. The minimum Gasteiger partial charge on any atom is -0.462 e. The molecule has 0 atom stereocenters. The van der Waals surface area contributed by atoms with Gasteiger partial charge in [-0.15, -0.1) is 0 Å². The summed E-state index contributed by atoms with van der Waals surface area (Å²) in [5.41, 5.74) is 0.841. The van der Waals surface area contributed by atoms with Gasteiger partial charge in [0.15, 0.2) is 5.78 Å². The van der Waals surface area contributed by atoms with Gasteiger partial charge in [0.05, 0.1) is 36.0 Å². The van der Waals surface area contributed by atoms with Crippen molar-refractivity contribution in [3.05, 3.63) is 69.5 Å². The third-order valence-electron chi connectivity index (χ3n) is 4.71. The summed E-state index contributed by atoms with van der Waals surface area (Å²) in [6.45, 7) is 2.10. The van der Waals surface area contributed by atoms with Gasteiger partial charge >= 0.3 is 5.97 Å². The van der Waals surface area contributed by atoms with E-state index in [0.717, 1.165) is 0 Å². The number of carbonyl (C=O) groups excluding carboxylic acids is 2. The van der Waals surface area contributed by atoms with Crippen LogP contribution in [-0.2, 0) is 9.47 Å². The number of anilines is 1. The normalized spacial score (nSPS) is 13.7. The molecule has 3 rings (SSSR count). The van der Waals surface area contributed by atoms with Crippen molar-refractivity contribution in [2.75, 3.05) is 37.8 Å². The molecule has 0 spiro atoms. The number of non-ortho nitro benzene ring substituents is 1. The molecule has 8 nitrogen and oxygen atoms in total. The van der Waals surface area contributed by atoms with Crippen LogP contribution in [0.15, 0.2) is 42.5 Å². The number of esters is 1. The first-order valence-electron chi connectivity index (χ1n) is 9.53. The molecule has 1 fully saturated rings. The van der Waals surface area contributed by atoms with E-state index < -0.39 is 16.7 Å². The van der Waals surface area contributed by atoms with E-state index >= 15 is 0 Å². The van der Waals surface area contributed by atoms with Gasteiger partial charge in [0.2, 0.25) is 0 Å². The van der Waals surface area contributed by atoms with Crippen LogP contribution in [0, 0.1) is 15.9 Å². The fourth-order valence-corrected chi connectivity index (χ4v) is 3.14. The molecular formula is C21H21FN2O6. The Labute approximate surface area is 172 Å². The largest absolute Gasteiger partial charge is 0.462 e. The highest BCUT2D eigenvalue weighted by Gasteiger charge is 2.23. The molecule has 0 aromatic heterocycles. The van der Waals surface area contributed by atoms with Crippen molar-refractivity contribution in [2.24, 2.45) is 0 Å². The Morgan fingerprint density at radius 2 is 1.83 bits per heavy atom. The van der Waals surface area contributed by atoms with Gasteiger partial charge in [-0.05, 0) is 36.8 Å². The van der Waals surface area contributed by atoms with Crippen LogP contribution in [0.2, 0.25) is 0 Å². The van der Waals surface area contributed by atoms with Crippen LogP contribution in [0.3, 0.4) is 0 Å². The summed E-state index contributed by atoms with van der Waals surface area (Å²) in [7, 11) is 0. The van der Waals surface area contributed by atoms with Crippen LogP contribution in [0.1, 0.15) is 33.6 Å². The monoisotopic (exact) mass is 416 g/mol. The number of rotatable bonds is 8. The molecule has 2 aromatic rings. The lowest BCUT2D eigenvalue weighted by Crippen LogP contribution is -2.37. The van der Waals surface area contributed by atoms with Crippen LogP contribution >= 0.6 is 0 Å². The molecule has 0 unspecified atom stereocenters. The number of hydrogen-bond acceptors (Lipinski definition) is 7. The van der Waals surface area contributed by atoms with Crippen LogP contribution in [0.25, 0.3) is 0 Å². The smallest absolute Gasteiger partial charge is 0.340 e. The number of ether oxygens (including phenoxy) is 2. The fourth-order valence-electron chi connectivity index (χ4n) is 3.14. The summed E-state index contributed by atoms with van der Waals surface area (Å²) in [5, 5.41) is 11.1. The lowest BCUT2D eigenvalue weighted by Gasteiger charge is -2.30. The number of nitrogens with zero attached hydrogens (tertiary/aromatic N) is 2. The number of morpholine rings is 1. The first-order chi connectivity index (χ1) is 14.5. The van der Waals surface area contributed by atoms with E-state index in [2.05, 4.69) is 0 Å². The van der Waals surface area contributed by atoms with Crippen LogP contribution in [-0.4, -0.2) is 49.6 Å². The van der Waals surface area contributed by atoms with E-state index in [-0.39, 0.29) is 36.5 Å². The molecule has 1 heterocycles. The molecule has 0 bridgehead atoms. The Morgan fingerprint density at radius 3 is 2.50 bits per heavy atom. The maximum atomic E-state index is 12.9. The van der Waals surface area contributed by atoms with Gasteiger partial charge < -0.3 is 14.4 Å². The average Bonchev–Trinajstić information content (AvgIpc) is 2.77. The standard InChI is InChI=1S/C21H21FN2O6/c22-16-5-3-15(4-6-16)20(25)2-1-11-30-21(26)18-14-17(24(27)28)7-8-19(18)23-9-12-29-13-10-23/h3-8,14H,1-2,9-13H2. The van der Waals surface area contributed by atoms with Gasteiger partial charge in [-0.1, -0.05) is 0 Å². The predicted molar refractivity (Wildman–Crippen MR) is 106 cm³/mol. The molecule has 0 amide bonds. The Bertz CT molecular complexity index is 926. The molecule has 0 aliphatic carbocycles. The van der Waals surface area contributed by atoms with Crippen LogP contribution in [0.4, 0.5) is 15.8 Å². The molecule has 1 saturated heterocycles. The number of ketones is 1. The van der Waals surface area contributed by atoms with E-state index in [1.807, 2.05) is 4.90 Å². The van der Waals surface area contributed by atoms with Gasteiger partial charge in [0.1, 0.15) is 5.82 Å². The maximum absolute atomic E-state index is 12.9. The van der Waals surface area contributed by atoms with Crippen molar-refractivity contribution >= 4 is 23.1 Å². The molecule has 2 aromatic carbocycles. The summed E-state index contributed by atoms with van der Waals surface area (Å²) >= 11 is 0. The fraction of sp³-hybridized carbons (Fsp3) is 0.333. The number of Topliss-reactive ketones (excluding diaryl/α,β-unsaturated/α-hetero) is 1. The molecule has 158 valence electrons. The predicted octanol–water partition coefficient (Wildman–Crippen LogP) is 3.39. The van der Waals surface area contributed by atoms with Gasteiger partial charge in [-0.3, -0.25) is 14.9 Å². The number of hydrogen-bond donors (Lipinski definition) is 0. The molecule has 0 radical (unpaired) electrons. The van der Waals surface area contributed by atoms with Gasteiger partial charge in [-0.2, -0.15) is 0 Å². The number of halogens is 1. The van der Waals surface area contributed by atoms with Crippen molar-refractivity contribution in [2.45, 2.75) is 12.8 Å². The summed E-state index contributed by atoms with van der Waals surface area (Å²) in [6.07, 6.45) is 0.411. The van der Waals surface area contributed by atoms with Gasteiger partial charge in [0, 0.05) is 37.2 Å². The topological polar surface area (TPSA) is 99.0 Å². The molecule has 1 aliphatic rings. The minimum absolute atomic E-state index is 0.0169. The number of benzene rings is 2. The zero-order valence-corrected chi connectivity index (χ0v) is 16.2. The SMILES string of the molecule is O=C(CCCOC(=O)c1cc([N+](=O)[O-])ccc1N1CCOCC1)c1ccc(F)cc1. The van der Waals surface area contributed by atoms with E-state index in [9.17, 15) is 24.1 Å². The maximum Gasteiger partial charge on any atom is 0.340 e. The quantitative estimate of drug-likeness (QED) is 0.214. The molecule has 9 heteroatoms. The first-order valence-corrected chi connectivity index (χ1v) is 9.53. The molecule has 0 saturated carbocycles. The van der Waals surface area contributed by atoms with E-state index in [0.29, 0.717) is 37.6 Å². The third-order valence-corrected chi connectivity index (χ3v) is 4.71. The van der Waals surface area contributed by atoms with Crippen LogP contribution < -0.4 is 4.90 Å².